The Morgan fingerprint density at radius 2 is 1.92 bits per heavy atom. The third kappa shape index (κ3) is 4.91. The minimum Gasteiger partial charge on any atom is -0.349 e. The van der Waals surface area contributed by atoms with Gasteiger partial charge in [0.05, 0.1) is 17.3 Å². The summed E-state index contributed by atoms with van der Waals surface area (Å²) in [5, 5.41) is 9.46. The lowest BCUT2D eigenvalue weighted by Crippen LogP contribution is -2.58. The van der Waals surface area contributed by atoms with E-state index in [9.17, 15) is 14.4 Å². The van der Waals surface area contributed by atoms with Gasteiger partial charge in [-0.15, -0.1) is 0 Å². The molecule has 0 spiro atoms. The molecule has 0 saturated carbocycles. The van der Waals surface area contributed by atoms with Crippen molar-refractivity contribution in [2.75, 3.05) is 18.0 Å². The fourth-order valence-electron chi connectivity index (χ4n) is 5.39. The number of piperazine rings is 1. The molecule has 198 valence electrons. The molecule has 1 saturated heterocycles. The second-order valence-electron chi connectivity index (χ2n) is 9.89. The Hall–Kier alpha value is -4.42. The van der Waals surface area contributed by atoms with Crippen LogP contribution in [0.25, 0.3) is 17.1 Å². The second kappa shape index (κ2) is 10.8. The Labute approximate surface area is 226 Å². The van der Waals surface area contributed by atoms with Crippen LogP contribution in [0.3, 0.4) is 0 Å². The molecule has 8 nitrogen and oxygen atoms in total. The van der Waals surface area contributed by atoms with Crippen molar-refractivity contribution in [2.24, 2.45) is 7.05 Å². The summed E-state index contributed by atoms with van der Waals surface area (Å²) in [5.74, 6) is 0.202. The van der Waals surface area contributed by atoms with Crippen molar-refractivity contribution >= 4 is 22.9 Å². The standard InChI is InChI=1S/C30H30FN7O/c1-5-20-7-13-25(33-16-20)28(21-8-10-22(31)11-9-21)38-17-19(3)37(18-24(38)6-2)29-27-26(36(4)30(39)35-29)14-12-23(15-32)34-27/h5,7-14,16,19,24,28H,1,6,17-18H2,2-4H3/t19-,24+,28?/m0/s1. The van der Waals surface area contributed by atoms with Crippen molar-refractivity contribution in [1.29, 1.82) is 5.26 Å². The van der Waals surface area contributed by atoms with Gasteiger partial charge in [-0.25, -0.2) is 14.2 Å². The molecule has 0 aliphatic carbocycles. The molecule has 1 aliphatic rings. The van der Waals surface area contributed by atoms with Gasteiger partial charge in [0.15, 0.2) is 5.82 Å². The maximum absolute atomic E-state index is 13.9. The van der Waals surface area contributed by atoms with E-state index in [1.807, 2.05) is 24.3 Å². The van der Waals surface area contributed by atoms with E-state index in [1.165, 1.54) is 16.7 Å². The second-order valence-corrected chi connectivity index (χ2v) is 9.89. The van der Waals surface area contributed by atoms with Crippen LogP contribution in [0, 0.1) is 17.1 Å². The van der Waals surface area contributed by atoms with Gasteiger partial charge in [0.2, 0.25) is 0 Å². The highest BCUT2D eigenvalue weighted by molar-refractivity contribution is 5.86. The summed E-state index contributed by atoms with van der Waals surface area (Å²) in [5.41, 5.74) is 3.80. The van der Waals surface area contributed by atoms with Crippen LogP contribution >= 0.6 is 0 Å². The number of aromatic nitrogens is 4. The van der Waals surface area contributed by atoms with Crippen molar-refractivity contribution < 1.29 is 4.39 Å². The molecule has 1 unspecified atom stereocenters. The topological polar surface area (TPSA) is 90.9 Å². The van der Waals surface area contributed by atoms with E-state index in [4.69, 9.17) is 4.98 Å². The van der Waals surface area contributed by atoms with Gasteiger partial charge >= 0.3 is 5.69 Å². The number of halogens is 1. The monoisotopic (exact) mass is 523 g/mol. The molecule has 4 heterocycles. The van der Waals surface area contributed by atoms with Crippen LogP contribution in [0.2, 0.25) is 0 Å². The first kappa shape index (κ1) is 26.2. The normalized spacial score (nSPS) is 18.6. The quantitative estimate of drug-likeness (QED) is 0.369. The Kier molecular flexibility index (Phi) is 7.22. The fourth-order valence-corrected chi connectivity index (χ4v) is 5.39. The van der Waals surface area contributed by atoms with Gasteiger partial charge in [0, 0.05) is 38.4 Å². The van der Waals surface area contributed by atoms with Gasteiger partial charge in [-0.3, -0.25) is 14.5 Å². The fraction of sp³-hybridized carbons (Fsp3) is 0.300. The summed E-state index contributed by atoms with van der Waals surface area (Å²) in [6.07, 6.45) is 4.38. The molecule has 0 N–H and O–H groups in total. The summed E-state index contributed by atoms with van der Waals surface area (Å²) in [6.45, 7) is 9.28. The third-order valence-electron chi connectivity index (χ3n) is 7.52. The highest BCUT2D eigenvalue weighted by Crippen LogP contribution is 2.35. The lowest BCUT2D eigenvalue weighted by atomic mass is 9.95. The van der Waals surface area contributed by atoms with Gasteiger partial charge < -0.3 is 4.90 Å². The SMILES string of the molecule is C=Cc1ccc(C(c2ccc(F)cc2)N2C[C@H](C)N(c3nc(=O)n(C)c4ccc(C#N)nc34)C[C@H]2CC)nc1. The largest absolute Gasteiger partial charge is 0.349 e. The molecule has 5 rings (SSSR count). The first-order valence-corrected chi connectivity index (χ1v) is 13.0. The highest BCUT2D eigenvalue weighted by atomic mass is 19.1. The predicted octanol–water partition coefficient (Wildman–Crippen LogP) is 4.46. The van der Waals surface area contributed by atoms with E-state index >= 15 is 0 Å². The molecular weight excluding hydrogens is 493 g/mol. The van der Waals surface area contributed by atoms with Crippen LogP contribution < -0.4 is 10.6 Å². The van der Waals surface area contributed by atoms with E-state index < -0.39 is 0 Å². The maximum Gasteiger partial charge on any atom is 0.349 e. The average molecular weight is 524 g/mol. The zero-order valence-electron chi connectivity index (χ0n) is 22.3. The smallest absolute Gasteiger partial charge is 0.349 e. The lowest BCUT2D eigenvalue weighted by Gasteiger charge is -2.48. The van der Waals surface area contributed by atoms with Gasteiger partial charge in [-0.1, -0.05) is 37.8 Å². The number of hydrogen-bond acceptors (Lipinski definition) is 7. The summed E-state index contributed by atoms with van der Waals surface area (Å²) < 4.78 is 15.3. The Morgan fingerprint density at radius 3 is 2.56 bits per heavy atom. The number of nitriles is 1. The van der Waals surface area contributed by atoms with Crippen LogP contribution in [0.4, 0.5) is 10.2 Å². The van der Waals surface area contributed by atoms with Gasteiger partial charge in [0.25, 0.3) is 0 Å². The molecule has 0 amide bonds. The Morgan fingerprint density at radius 1 is 1.15 bits per heavy atom. The van der Waals surface area contributed by atoms with Crippen LogP contribution in [0.15, 0.2) is 66.1 Å². The number of fused-ring (bicyclic) bond motifs is 1. The molecule has 3 atom stereocenters. The number of benzene rings is 1. The third-order valence-corrected chi connectivity index (χ3v) is 7.52. The van der Waals surface area contributed by atoms with Crippen molar-refractivity contribution in [1.82, 2.24) is 24.4 Å². The first-order valence-electron chi connectivity index (χ1n) is 13.0. The number of rotatable bonds is 6. The zero-order valence-corrected chi connectivity index (χ0v) is 22.3. The lowest BCUT2D eigenvalue weighted by molar-refractivity contribution is 0.113. The summed E-state index contributed by atoms with van der Waals surface area (Å²) in [4.78, 5) is 31.0. The number of pyridine rings is 2. The molecule has 1 fully saturated rings. The summed E-state index contributed by atoms with van der Waals surface area (Å²) in [7, 11) is 1.66. The van der Waals surface area contributed by atoms with Crippen molar-refractivity contribution in [2.45, 2.75) is 38.4 Å². The number of anilines is 1. The average Bonchev–Trinajstić information content (AvgIpc) is 2.96. The zero-order chi connectivity index (χ0) is 27.7. The van der Waals surface area contributed by atoms with Crippen LogP contribution in [0.1, 0.15) is 48.8 Å². The Balaban J connectivity index is 1.58. The van der Waals surface area contributed by atoms with Gasteiger partial charge in [0.1, 0.15) is 23.1 Å². The minimum absolute atomic E-state index is 0.0430. The summed E-state index contributed by atoms with van der Waals surface area (Å²) >= 11 is 0. The first-order chi connectivity index (χ1) is 18.8. The molecule has 1 aromatic carbocycles. The van der Waals surface area contributed by atoms with E-state index in [0.717, 1.165) is 23.2 Å². The van der Waals surface area contributed by atoms with E-state index in [2.05, 4.69) is 46.3 Å². The number of aryl methyl sites for hydroxylation is 1. The van der Waals surface area contributed by atoms with E-state index in [-0.39, 0.29) is 35.3 Å². The van der Waals surface area contributed by atoms with Crippen molar-refractivity contribution in [3.63, 3.8) is 0 Å². The molecule has 39 heavy (non-hydrogen) atoms. The minimum atomic E-state index is -0.373. The van der Waals surface area contributed by atoms with Gasteiger partial charge in [-0.05, 0) is 54.8 Å². The number of nitrogens with zero attached hydrogens (tertiary/aromatic N) is 7. The molecule has 3 aromatic heterocycles. The molecular formula is C30H30FN7O. The molecule has 1 aliphatic heterocycles. The Bertz CT molecular complexity index is 1610. The molecule has 0 bridgehead atoms. The molecule has 4 aromatic rings. The van der Waals surface area contributed by atoms with Crippen LogP contribution in [-0.4, -0.2) is 49.6 Å². The molecule has 9 heteroatoms. The molecule has 0 radical (unpaired) electrons. The highest BCUT2D eigenvalue weighted by Gasteiger charge is 2.38. The van der Waals surface area contributed by atoms with Crippen LogP contribution in [-0.2, 0) is 7.05 Å². The van der Waals surface area contributed by atoms with Crippen molar-refractivity contribution in [3.05, 3.63) is 100 Å². The predicted molar refractivity (Wildman–Crippen MR) is 150 cm³/mol. The van der Waals surface area contributed by atoms with Gasteiger partial charge in [-0.2, -0.15) is 10.2 Å². The summed E-state index contributed by atoms with van der Waals surface area (Å²) in [6, 6.07) is 15.9. The number of hydrogen-bond donors (Lipinski definition) is 0. The maximum atomic E-state index is 13.9. The van der Waals surface area contributed by atoms with E-state index in [1.54, 1.807) is 31.5 Å². The van der Waals surface area contributed by atoms with Crippen LogP contribution in [0.5, 0.6) is 0 Å². The van der Waals surface area contributed by atoms with E-state index in [0.29, 0.717) is 29.9 Å². The van der Waals surface area contributed by atoms with Crippen molar-refractivity contribution in [3.8, 4) is 6.07 Å².